The van der Waals surface area contributed by atoms with Gasteiger partial charge in [0, 0.05) is 12.0 Å². The van der Waals surface area contributed by atoms with Crippen molar-refractivity contribution in [3.05, 3.63) is 113 Å². The van der Waals surface area contributed by atoms with Crippen LogP contribution in [-0.2, 0) is 0 Å². The number of hydrogen-bond acceptors (Lipinski definition) is 3. The third-order valence-electron chi connectivity index (χ3n) is 7.04. The van der Waals surface area contributed by atoms with E-state index in [1.807, 2.05) is 30.3 Å². The van der Waals surface area contributed by atoms with Crippen LogP contribution in [0.2, 0.25) is 0 Å². The van der Waals surface area contributed by atoms with Crippen molar-refractivity contribution in [3.63, 3.8) is 0 Å². The Kier molecular flexibility index (Phi) is 5.91. The van der Waals surface area contributed by atoms with E-state index >= 15 is 0 Å². The number of carbonyl (C=O) groups is 1. The minimum atomic E-state index is 0.0380. The highest BCUT2D eigenvalue weighted by atomic mass is 16.5. The molecule has 0 spiro atoms. The summed E-state index contributed by atoms with van der Waals surface area (Å²) in [6, 6.07) is 29.2. The van der Waals surface area contributed by atoms with E-state index in [-0.39, 0.29) is 17.7 Å². The van der Waals surface area contributed by atoms with Gasteiger partial charge in [0.2, 0.25) is 0 Å². The first kappa shape index (κ1) is 20.7. The molecule has 0 amide bonds. The molecule has 1 atom stereocenters. The molecular formula is C29H29NO2. The number of allylic oxidation sites excluding steroid dienone is 1. The Bertz CT molecular complexity index is 1060. The molecule has 3 fully saturated rings. The first-order valence-electron chi connectivity index (χ1n) is 11.5. The molecule has 3 nitrogen and oxygen atoms in total. The molecule has 0 aliphatic carbocycles. The largest absolute Gasteiger partial charge is 0.496 e. The summed E-state index contributed by atoms with van der Waals surface area (Å²) in [5.41, 5.74) is 4.50. The average Bonchev–Trinajstić information content (AvgIpc) is 2.87. The van der Waals surface area contributed by atoms with E-state index in [0.29, 0.717) is 17.2 Å². The minimum absolute atomic E-state index is 0.0380. The number of benzene rings is 3. The van der Waals surface area contributed by atoms with Crippen LogP contribution in [0, 0.1) is 5.92 Å². The van der Waals surface area contributed by atoms with Crippen LogP contribution in [0.15, 0.2) is 96.6 Å². The van der Waals surface area contributed by atoms with Gasteiger partial charge in [-0.15, -0.1) is 0 Å². The molecular weight excluding hydrogens is 394 g/mol. The minimum Gasteiger partial charge on any atom is -0.496 e. The third kappa shape index (κ3) is 3.89. The lowest BCUT2D eigenvalue weighted by atomic mass is 9.70. The van der Waals surface area contributed by atoms with Gasteiger partial charge in [0.05, 0.1) is 12.7 Å². The summed E-state index contributed by atoms with van der Waals surface area (Å²) in [6.07, 6.45) is 4.17. The summed E-state index contributed by atoms with van der Waals surface area (Å²) >= 11 is 0. The third-order valence-corrected chi connectivity index (χ3v) is 7.04. The van der Waals surface area contributed by atoms with E-state index in [1.165, 1.54) is 16.7 Å². The van der Waals surface area contributed by atoms with Crippen molar-refractivity contribution in [1.82, 2.24) is 4.90 Å². The van der Waals surface area contributed by atoms with Gasteiger partial charge in [-0.05, 0) is 66.8 Å². The van der Waals surface area contributed by atoms with E-state index in [0.717, 1.165) is 25.9 Å². The van der Waals surface area contributed by atoms with E-state index in [2.05, 4.69) is 65.6 Å². The summed E-state index contributed by atoms with van der Waals surface area (Å²) in [4.78, 5) is 16.0. The number of ketones is 1. The molecule has 3 heteroatoms. The van der Waals surface area contributed by atoms with Gasteiger partial charge in [0.25, 0.3) is 0 Å². The lowest BCUT2D eigenvalue weighted by Crippen LogP contribution is -2.53. The number of piperidine rings is 3. The monoisotopic (exact) mass is 423 g/mol. The maximum Gasteiger partial charge on any atom is 0.189 e. The first-order chi connectivity index (χ1) is 15.8. The molecule has 0 radical (unpaired) electrons. The quantitative estimate of drug-likeness (QED) is 0.375. The molecule has 32 heavy (non-hydrogen) atoms. The molecule has 0 saturated carbocycles. The second-order valence-corrected chi connectivity index (χ2v) is 8.76. The lowest BCUT2D eigenvalue weighted by molar-refractivity contribution is 0.0905. The topological polar surface area (TPSA) is 29.5 Å². The number of hydrogen-bond donors (Lipinski definition) is 0. The Hall–Kier alpha value is -3.17. The second-order valence-electron chi connectivity index (χ2n) is 8.76. The summed E-state index contributed by atoms with van der Waals surface area (Å²) in [5, 5.41) is 0. The van der Waals surface area contributed by atoms with Gasteiger partial charge < -0.3 is 4.74 Å². The number of ether oxygens (including phenoxy) is 1. The molecule has 0 N–H and O–H groups in total. The zero-order chi connectivity index (χ0) is 21.9. The second kappa shape index (κ2) is 9.13. The van der Waals surface area contributed by atoms with E-state index < -0.39 is 0 Å². The number of fused-ring (bicyclic) bond motifs is 3. The molecule has 3 heterocycles. The van der Waals surface area contributed by atoms with Crippen molar-refractivity contribution >= 4 is 5.78 Å². The van der Waals surface area contributed by atoms with Gasteiger partial charge in [0.1, 0.15) is 5.75 Å². The molecule has 2 bridgehead atoms. The smallest absolute Gasteiger partial charge is 0.189 e. The molecule has 0 unspecified atom stereocenters. The summed E-state index contributed by atoms with van der Waals surface area (Å²) in [6.45, 7) is 2.18. The summed E-state index contributed by atoms with van der Waals surface area (Å²) in [5.74, 6) is 1.32. The average molecular weight is 424 g/mol. The summed E-state index contributed by atoms with van der Waals surface area (Å²) < 4.78 is 5.47. The van der Waals surface area contributed by atoms with Crippen molar-refractivity contribution in [3.8, 4) is 5.75 Å². The fraction of sp³-hybridized carbons (Fsp3) is 0.276. The molecule has 0 aromatic heterocycles. The fourth-order valence-corrected chi connectivity index (χ4v) is 5.52. The molecule has 3 aliphatic rings. The number of carbonyl (C=O) groups excluding carboxylic acids is 1. The van der Waals surface area contributed by atoms with Crippen LogP contribution in [0.5, 0.6) is 5.75 Å². The van der Waals surface area contributed by atoms with Gasteiger partial charge in [-0.2, -0.15) is 0 Å². The molecule has 162 valence electrons. The Balaban J connectivity index is 1.61. The van der Waals surface area contributed by atoms with Crippen LogP contribution >= 0.6 is 0 Å². The van der Waals surface area contributed by atoms with Crippen LogP contribution in [0.3, 0.4) is 0 Å². The highest BCUT2D eigenvalue weighted by Crippen LogP contribution is 2.45. The maximum absolute atomic E-state index is 13.4. The standard InChI is InChI=1S/C29H29NO2/c1-32-27-15-9-8-14-24(27)26(31)20-25-21-16-18-30(19-17-21)29(25)28(22-10-4-2-5-11-22)23-12-6-3-7-13-23/h2-15,20-21,28-29H,16-19H2,1H3/b25-20-/t29-/m0/s1. The Labute approximate surface area is 190 Å². The normalized spacial score (nSPS) is 23.4. The number of nitrogens with zero attached hydrogens (tertiary/aromatic N) is 1. The van der Waals surface area contributed by atoms with Crippen LogP contribution < -0.4 is 4.74 Å². The molecule has 3 aromatic carbocycles. The van der Waals surface area contributed by atoms with E-state index in [1.54, 1.807) is 7.11 Å². The van der Waals surface area contributed by atoms with Crippen LogP contribution in [0.25, 0.3) is 0 Å². The van der Waals surface area contributed by atoms with Crippen molar-refractivity contribution in [2.24, 2.45) is 5.92 Å². The van der Waals surface area contributed by atoms with E-state index in [9.17, 15) is 4.79 Å². The Morgan fingerprint density at radius 2 is 1.44 bits per heavy atom. The molecule has 3 aromatic rings. The van der Waals surface area contributed by atoms with E-state index in [4.69, 9.17) is 4.74 Å². The fourth-order valence-electron chi connectivity index (χ4n) is 5.52. The maximum atomic E-state index is 13.4. The van der Waals surface area contributed by atoms with Crippen LogP contribution in [-0.4, -0.2) is 36.9 Å². The highest BCUT2D eigenvalue weighted by molar-refractivity contribution is 6.07. The zero-order valence-corrected chi connectivity index (χ0v) is 18.5. The van der Waals surface area contributed by atoms with Crippen molar-refractivity contribution in [2.45, 2.75) is 24.8 Å². The molecule has 3 aliphatic heterocycles. The van der Waals surface area contributed by atoms with Gasteiger partial charge in [-0.3, -0.25) is 9.69 Å². The molecule has 6 rings (SSSR count). The highest BCUT2D eigenvalue weighted by Gasteiger charge is 2.43. The van der Waals surface area contributed by atoms with Gasteiger partial charge in [-0.1, -0.05) is 72.8 Å². The van der Waals surface area contributed by atoms with Gasteiger partial charge in [0.15, 0.2) is 5.78 Å². The van der Waals surface area contributed by atoms with Crippen LogP contribution in [0.1, 0.15) is 40.2 Å². The number of rotatable bonds is 6. The van der Waals surface area contributed by atoms with Crippen LogP contribution in [0.4, 0.5) is 0 Å². The van der Waals surface area contributed by atoms with Gasteiger partial charge in [-0.25, -0.2) is 0 Å². The first-order valence-corrected chi connectivity index (χ1v) is 11.5. The SMILES string of the molecule is COc1ccccc1C(=O)/C=C1/C2CCN(CC2)[C@@H]1C(c1ccccc1)c1ccccc1. The van der Waals surface area contributed by atoms with Crippen molar-refractivity contribution in [1.29, 1.82) is 0 Å². The Morgan fingerprint density at radius 1 is 0.875 bits per heavy atom. The number of methoxy groups -OCH3 is 1. The lowest BCUT2D eigenvalue weighted by Gasteiger charge is -2.50. The Morgan fingerprint density at radius 3 is 2.03 bits per heavy atom. The van der Waals surface area contributed by atoms with Crippen molar-refractivity contribution in [2.75, 3.05) is 20.2 Å². The number of para-hydroxylation sites is 1. The van der Waals surface area contributed by atoms with Gasteiger partial charge >= 0.3 is 0 Å². The summed E-state index contributed by atoms with van der Waals surface area (Å²) in [7, 11) is 1.62. The zero-order valence-electron chi connectivity index (χ0n) is 18.5. The predicted octanol–water partition coefficient (Wildman–Crippen LogP) is 5.73. The molecule has 3 saturated heterocycles. The van der Waals surface area contributed by atoms with Crippen molar-refractivity contribution < 1.29 is 9.53 Å². The predicted molar refractivity (Wildman–Crippen MR) is 128 cm³/mol.